The first-order chi connectivity index (χ1) is 10.6. The fourth-order valence-electron chi connectivity index (χ4n) is 1.85. The molecule has 1 aromatic heterocycles. The molecule has 1 aromatic carbocycles. The highest BCUT2D eigenvalue weighted by atomic mass is 16.5. The first-order valence-corrected chi connectivity index (χ1v) is 6.90. The van der Waals surface area contributed by atoms with Crippen LogP contribution in [0.25, 0.3) is 5.57 Å². The van der Waals surface area contributed by atoms with E-state index in [1.165, 1.54) is 0 Å². The molecule has 0 radical (unpaired) electrons. The molecule has 22 heavy (non-hydrogen) atoms. The second-order valence-electron chi connectivity index (χ2n) is 4.58. The Hall–Kier alpha value is -2.93. The van der Waals surface area contributed by atoms with Crippen molar-refractivity contribution in [1.29, 1.82) is 0 Å². The summed E-state index contributed by atoms with van der Waals surface area (Å²) >= 11 is 0. The lowest BCUT2D eigenvalue weighted by atomic mass is 10.1. The van der Waals surface area contributed by atoms with Crippen LogP contribution in [0.5, 0.6) is 0 Å². The summed E-state index contributed by atoms with van der Waals surface area (Å²) in [5, 5.41) is 2.67. The number of hydrogen-bond donors (Lipinski definition) is 1. The van der Waals surface area contributed by atoms with E-state index in [0.29, 0.717) is 23.6 Å². The Morgan fingerprint density at radius 3 is 2.73 bits per heavy atom. The van der Waals surface area contributed by atoms with Crippen molar-refractivity contribution in [3.05, 3.63) is 60.1 Å². The van der Waals surface area contributed by atoms with E-state index in [9.17, 15) is 4.79 Å². The van der Waals surface area contributed by atoms with E-state index < -0.39 is 6.09 Å². The van der Waals surface area contributed by atoms with Gasteiger partial charge in [-0.15, -0.1) is 0 Å². The normalized spacial score (nSPS) is 9.55. The second kappa shape index (κ2) is 7.19. The zero-order valence-electron chi connectivity index (χ0n) is 12.6. The third kappa shape index (κ3) is 3.80. The number of carbonyl (C=O) groups excluding carboxylic acids is 1. The molecule has 0 aliphatic rings. The Bertz CT molecular complexity index is 747. The van der Waals surface area contributed by atoms with Crippen LogP contribution >= 0.6 is 0 Å². The van der Waals surface area contributed by atoms with Crippen LogP contribution in [-0.4, -0.2) is 12.7 Å². The van der Waals surface area contributed by atoms with E-state index in [0.717, 1.165) is 11.1 Å². The number of amides is 1. The molecule has 0 saturated heterocycles. The number of para-hydroxylation sites is 1. The van der Waals surface area contributed by atoms with Crippen molar-refractivity contribution < 1.29 is 13.9 Å². The Morgan fingerprint density at radius 2 is 2.00 bits per heavy atom. The fraction of sp³-hybridized carbons (Fsp3) is 0.167. The Kier molecular flexibility index (Phi) is 5.05. The molecular weight excluding hydrogens is 278 g/mol. The van der Waals surface area contributed by atoms with Gasteiger partial charge in [-0.1, -0.05) is 30.6 Å². The van der Waals surface area contributed by atoms with Crippen molar-refractivity contribution in [2.75, 3.05) is 11.9 Å². The van der Waals surface area contributed by atoms with Crippen LogP contribution in [0, 0.1) is 11.8 Å². The molecule has 1 heterocycles. The quantitative estimate of drug-likeness (QED) is 0.860. The average Bonchev–Trinajstić information content (AvgIpc) is 2.95. The summed E-state index contributed by atoms with van der Waals surface area (Å²) in [4.78, 5) is 11.5. The van der Waals surface area contributed by atoms with E-state index in [-0.39, 0.29) is 0 Å². The summed E-state index contributed by atoms with van der Waals surface area (Å²) in [6, 6.07) is 9.07. The second-order valence-corrected chi connectivity index (χ2v) is 4.58. The van der Waals surface area contributed by atoms with E-state index >= 15 is 0 Å². The SMILES string of the molecule is C=C(C)c1occc1C#Cc1ccccc1NC(=O)OCC. The van der Waals surface area contributed by atoms with Gasteiger partial charge in [-0.3, -0.25) is 5.32 Å². The number of nitrogens with one attached hydrogen (secondary N) is 1. The van der Waals surface area contributed by atoms with Gasteiger partial charge in [-0.25, -0.2) is 4.79 Å². The Balaban J connectivity index is 2.27. The zero-order chi connectivity index (χ0) is 15.9. The topological polar surface area (TPSA) is 51.5 Å². The molecule has 112 valence electrons. The lowest BCUT2D eigenvalue weighted by molar-refractivity contribution is 0.168. The third-order valence-corrected chi connectivity index (χ3v) is 2.82. The van der Waals surface area contributed by atoms with Gasteiger partial charge in [0.1, 0.15) is 5.76 Å². The molecule has 4 heteroatoms. The smallest absolute Gasteiger partial charge is 0.411 e. The van der Waals surface area contributed by atoms with Crippen molar-refractivity contribution in [3.63, 3.8) is 0 Å². The van der Waals surface area contributed by atoms with Crippen LogP contribution in [0.1, 0.15) is 30.7 Å². The number of benzene rings is 1. The van der Waals surface area contributed by atoms with Gasteiger partial charge in [0.25, 0.3) is 0 Å². The zero-order valence-corrected chi connectivity index (χ0v) is 12.6. The first kappa shape index (κ1) is 15.5. The largest absolute Gasteiger partial charge is 0.463 e. The number of furan rings is 1. The third-order valence-electron chi connectivity index (χ3n) is 2.82. The summed E-state index contributed by atoms with van der Waals surface area (Å²) in [6.07, 6.45) is 1.08. The van der Waals surface area contributed by atoms with Crippen molar-refractivity contribution in [1.82, 2.24) is 0 Å². The molecule has 2 rings (SSSR count). The standard InChI is InChI=1S/C18H17NO3/c1-4-21-18(20)19-16-8-6-5-7-14(16)9-10-15-11-12-22-17(15)13(2)3/h5-8,11-12H,2,4H2,1,3H3,(H,19,20). The van der Waals surface area contributed by atoms with Gasteiger partial charge in [0, 0.05) is 5.56 Å². The average molecular weight is 295 g/mol. The van der Waals surface area contributed by atoms with Gasteiger partial charge in [0.05, 0.1) is 24.1 Å². The molecule has 1 amide bonds. The van der Waals surface area contributed by atoms with E-state index in [2.05, 4.69) is 23.7 Å². The Morgan fingerprint density at radius 1 is 1.27 bits per heavy atom. The van der Waals surface area contributed by atoms with Crippen LogP contribution in [0.2, 0.25) is 0 Å². The number of carbonyl (C=O) groups is 1. The lowest BCUT2D eigenvalue weighted by Crippen LogP contribution is -2.14. The molecule has 0 unspecified atom stereocenters. The maximum absolute atomic E-state index is 11.5. The van der Waals surface area contributed by atoms with Crippen LogP contribution in [0.4, 0.5) is 10.5 Å². The van der Waals surface area contributed by atoms with Crippen LogP contribution < -0.4 is 5.32 Å². The molecular formula is C18H17NO3. The minimum Gasteiger partial charge on any atom is -0.463 e. The van der Waals surface area contributed by atoms with E-state index in [1.807, 2.05) is 25.1 Å². The first-order valence-electron chi connectivity index (χ1n) is 6.90. The number of ether oxygens (including phenoxy) is 1. The highest BCUT2D eigenvalue weighted by Crippen LogP contribution is 2.18. The van der Waals surface area contributed by atoms with Gasteiger partial charge < -0.3 is 9.15 Å². The minimum atomic E-state index is -0.498. The molecule has 0 bridgehead atoms. The summed E-state index contributed by atoms with van der Waals surface area (Å²) in [7, 11) is 0. The predicted molar refractivity (Wildman–Crippen MR) is 86.5 cm³/mol. The maximum Gasteiger partial charge on any atom is 0.411 e. The number of allylic oxidation sites excluding steroid dienone is 1. The lowest BCUT2D eigenvalue weighted by Gasteiger charge is -2.06. The van der Waals surface area contributed by atoms with Gasteiger partial charge >= 0.3 is 6.09 Å². The number of anilines is 1. The molecule has 0 aliphatic carbocycles. The van der Waals surface area contributed by atoms with E-state index in [4.69, 9.17) is 9.15 Å². The van der Waals surface area contributed by atoms with Crippen LogP contribution in [0.3, 0.4) is 0 Å². The number of rotatable bonds is 3. The molecule has 0 atom stereocenters. The summed E-state index contributed by atoms with van der Waals surface area (Å²) < 4.78 is 10.2. The molecule has 1 N–H and O–H groups in total. The highest BCUT2D eigenvalue weighted by molar-refractivity contribution is 5.86. The Labute approximate surface area is 129 Å². The van der Waals surface area contributed by atoms with Crippen LogP contribution in [-0.2, 0) is 4.74 Å². The summed E-state index contributed by atoms with van der Waals surface area (Å²) in [5.41, 5.74) is 2.88. The van der Waals surface area contributed by atoms with E-state index in [1.54, 1.807) is 25.3 Å². The van der Waals surface area contributed by atoms with Crippen molar-refractivity contribution >= 4 is 17.4 Å². The molecule has 0 aliphatic heterocycles. The molecule has 0 fully saturated rings. The molecule has 0 spiro atoms. The predicted octanol–water partition coefficient (Wildman–Crippen LogP) is 4.28. The monoisotopic (exact) mass is 295 g/mol. The molecule has 2 aromatic rings. The van der Waals surface area contributed by atoms with Gasteiger partial charge in [0.15, 0.2) is 0 Å². The number of hydrogen-bond acceptors (Lipinski definition) is 3. The van der Waals surface area contributed by atoms with Crippen molar-refractivity contribution in [2.24, 2.45) is 0 Å². The van der Waals surface area contributed by atoms with Crippen LogP contribution in [0.15, 0.2) is 47.6 Å². The fourth-order valence-corrected chi connectivity index (χ4v) is 1.85. The van der Waals surface area contributed by atoms with Gasteiger partial charge in [-0.2, -0.15) is 0 Å². The maximum atomic E-state index is 11.5. The van der Waals surface area contributed by atoms with Crippen molar-refractivity contribution in [2.45, 2.75) is 13.8 Å². The van der Waals surface area contributed by atoms with Gasteiger partial charge in [-0.05, 0) is 37.6 Å². The molecule has 4 nitrogen and oxygen atoms in total. The highest BCUT2D eigenvalue weighted by Gasteiger charge is 2.06. The summed E-state index contributed by atoms with van der Waals surface area (Å²) in [5.74, 6) is 6.75. The molecule has 0 saturated carbocycles. The van der Waals surface area contributed by atoms with Gasteiger partial charge in [0.2, 0.25) is 0 Å². The summed E-state index contributed by atoms with van der Waals surface area (Å²) in [6.45, 7) is 7.79. The van der Waals surface area contributed by atoms with Crippen molar-refractivity contribution in [3.8, 4) is 11.8 Å². The minimum absolute atomic E-state index is 0.316.